The van der Waals surface area contributed by atoms with Crippen LogP contribution in [0.1, 0.15) is 27.7 Å². The van der Waals surface area contributed by atoms with E-state index in [1.54, 1.807) is 0 Å². The van der Waals surface area contributed by atoms with Gasteiger partial charge in [-0.3, -0.25) is 0 Å². The molecule has 0 aliphatic heterocycles. The van der Waals surface area contributed by atoms with E-state index >= 15 is 0 Å². The van der Waals surface area contributed by atoms with Gasteiger partial charge >= 0.3 is 0 Å². The number of imidazole rings is 1. The van der Waals surface area contributed by atoms with Crippen LogP contribution in [0.15, 0.2) is 34.5 Å². The van der Waals surface area contributed by atoms with Crippen molar-refractivity contribution in [2.45, 2.75) is 40.8 Å². The number of nitrogens with zero attached hydrogens (tertiary/aromatic N) is 4. The SMILES string of the molecule is CCn1c(=NN=C(C)C)n(CC)c2ccccc21. The number of hydrogen-bond donors (Lipinski definition) is 0. The summed E-state index contributed by atoms with van der Waals surface area (Å²) in [6, 6.07) is 8.39. The third-order valence-electron chi connectivity index (χ3n) is 2.92. The van der Waals surface area contributed by atoms with Crippen molar-refractivity contribution < 1.29 is 0 Å². The Hall–Kier alpha value is -1.84. The summed E-state index contributed by atoms with van der Waals surface area (Å²) in [6.07, 6.45) is 0. The van der Waals surface area contributed by atoms with Crippen molar-refractivity contribution >= 4 is 16.7 Å². The maximum Gasteiger partial charge on any atom is 0.230 e. The standard InChI is InChI=1S/C14H20N4/c1-5-17-12-9-7-8-10-13(12)18(6-2)14(17)16-15-11(3)4/h7-10H,5-6H2,1-4H3. The molecule has 0 saturated carbocycles. The number of aromatic nitrogens is 2. The number of para-hydroxylation sites is 2. The van der Waals surface area contributed by atoms with E-state index in [1.165, 1.54) is 11.0 Å². The maximum absolute atomic E-state index is 4.40. The highest BCUT2D eigenvalue weighted by molar-refractivity contribution is 5.79. The summed E-state index contributed by atoms with van der Waals surface area (Å²) in [5, 5.41) is 8.61. The minimum atomic E-state index is 0.893. The molecule has 0 unspecified atom stereocenters. The van der Waals surface area contributed by atoms with Gasteiger partial charge in [0.25, 0.3) is 0 Å². The van der Waals surface area contributed by atoms with E-state index < -0.39 is 0 Å². The van der Waals surface area contributed by atoms with E-state index in [-0.39, 0.29) is 0 Å². The van der Waals surface area contributed by atoms with Gasteiger partial charge in [-0.2, -0.15) is 5.10 Å². The Kier molecular flexibility index (Phi) is 3.65. The fraction of sp³-hybridized carbons (Fsp3) is 0.429. The molecule has 0 radical (unpaired) electrons. The lowest BCUT2D eigenvalue weighted by Crippen LogP contribution is -2.25. The Balaban J connectivity index is 2.85. The number of aryl methyl sites for hydroxylation is 2. The lowest BCUT2D eigenvalue weighted by atomic mass is 10.3. The van der Waals surface area contributed by atoms with Crippen molar-refractivity contribution in [1.82, 2.24) is 9.13 Å². The topological polar surface area (TPSA) is 34.6 Å². The minimum Gasteiger partial charge on any atom is -0.309 e. The van der Waals surface area contributed by atoms with E-state index in [9.17, 15) is 0 Å². The van der Waals surface area contributed by atoms with Crippen LogP contribution >= 0.6 is 0 Å². The summed E-state index contributed by atoms with van der Waals surface area (Å²) in [5.41, 5.74) is 4.31. The van der Waals surface area contributed by atoms with Gasteiger partial charge < -0.3 is 9.13 Å². The first-order valence-electron chi connectivity index (χ1n) is 6.42. The Morgan fingerprint density at radius 3 is 1.89 bits per heavy atom. The summed E-state index contributed by atoms with van der Waals surface area (Å²) in [7, 11) is 0. The lowest BCUT2D eigenvalue weighted by molar-refractivity contribution is 0.641. The summed E-state index contributed by atoms with van der Waals surface area (Å²) >= 11 is 0. The first-order valence-corrected chi connectivity index (χ1v) is 6.42. The minimum absolute atomic E-state index is 0.893. The molecule has 1 heterocycles. The summed E-state index contributed by atoms with van der Waals surface area (Å²) in [4.78, 5) is 0. The molecule has 0 N–H and O–H groups in total. The number of benzene rings is 1. The molecule has 0 saturated heterocycles. The number of hydrogen-bond acceptors (Lipinski definition) is 2. The molecule has 4 heteroatoms. The predicted molar refractivity (Wildman–Crippen MR) is 75.6 cm³/mol. The Morgan fingerprint density at radius 2 is 1.50 bits per heavy atom. The molecule has 1 aromatic carbocycles. The highest BCUT2D eigenvalue weighted by atomic mass is 15.3. The van der Waals surface area contributed by atoms with E-state index in [4.69, 9.17) is 0 Å². The molecule has 1 aromatic heterocycles. The molecule has 0 aliphatic carbocycles. The number of rotatable bonds is 3. The van der Waals surface area contributed by atoms with Crippen molar-refractivity contribution in [1.29, 1.82) is 0 Å². The zero-order valence-corrected chi connectivity index (χ0v) is 11.5. The molecule has 4 nitrogen and oxygen atoms in total. The second-order valence-corrected chi connectivity index (χ2v) is 4.42. The van der Waals surface area contributed by atoms with Crippen LogP contribution in [0.4, 0.5) is 0 Å². The van der Waals surface area contributed by atoms with Crippen molar-refractivity contribution in [3.05, 3.63) is 29.9 Å². The normalized spacial score (nSPS) is 10.7. The molecule has 2 aromatic rings. The monoisotopic (exact) mass is 244 g/mol. The molecular weight excluding hydrogens is 224 g/mol. The maximum atomic E-state index is 4.40. The highest BCUT2D eigenvalue weighted by Gasteiger charge is 2.08. The predicted octanol–water partition coefficient (Wildman–Crippen LogP) is 2.78. The summed E-state index contributed by atoms with van der Waals surface area (Å²) in [5.74, 6) is 0. The smallest absolute Gasteiger partial charge is 0.230 e. The van der Waals surface area contributed by atoms with Gasteiger partial charge in [0.15, 0.2) is 0 Å². The quantitative estimate of drug-likeness (QED) is 0.588. The molecule has 0 aliphatic rings. The van der Waals surface area contributed by atoms with Gasteiger partial charge in [-0.15, -0.1) is 5.10 Å². The highest BCUT2D eigenvalue weighted by Crippen LogP contribution is 2.12. The van der Waals surface area contributed by atoms with Crippen LogP contribution in [0.3, 0.4) is 0 Å². The van der Waals surface area contributed by atoms with E-state index in [0.29, 0.717) is 0 Å². The van der Waals surface area contributed by atoms with Gasteiger partial charge in [0, 0.05) is 18.8 Å². The third kappa shape index (κ3) is 2.10. The third-order valence-corrected chi connectivity index (χ3v) is 2.92. The first kappa shape index (κ1) is 12.6. The van der Waals surface area contributed by atoms with Crippen molar-refractivity contribution in [3.63, 3.8) is 0 Å². The van der Waals surface area contributed by atoms with E-state index in [2.05, 4.69) is 57.4 Å². The van der Waals surface area contributed by atoms with Gasteiger partial charge in [-0.25, -0.2) is 0 Å². The van der Waals surface area contributed by atoms with Gasteiger partial charge in [0.2, 0.25) is 5.62 Å². The average Bonchev–Trinajstić information content (AvgIpc) is 2.68. The zero-order chi connectivity index (χ0) is 13.1. The lowest BCUT2D eigenvalue weighted by Gasteiger charge is -1.99. The van der Waals surface area contributed by atoms with Gasteiger partial charge in [-0.05, 0) is 39.8 Å². The van der Waals surface area contributed by atoms with Crippen LogP contribution in [0.25, 0.3) is 11.0 Å². The van der Waals surface area contributed by atoms with Gasteiger partial charge in [-0.1, -0.05) is 12.1 Å². The van der Waals surface area contributed by atoms with Crippen LogP contribution < -0.4 is 5.62 Å². The molecule has 2 rings (SSSR count). The number of fused-ring (bicyclic) bond motifs is 1. The molecule has 0 spiro atoms. The Morgan fingerprint density at radius 1 is 1.00 bits per heavy atom. The van der Waals surface area contributed by atoms with Crippen molar-refractivity contribution in [3.8, 4) is 0 Å². The second kappa shape index (κ2) is 5.21. The Bertz CT molecular complexity index is 595. The second-order valence-electron chi connectivity index (χ2n) is 4.42. The van der Waals surface area contributed by atoms with E-state index in [1.807, 2.05) is 13.8 Å². The van der Waals surface area contributed by atoms with Gasteiger partial charge in [0.1, 0.15) is 0 Å². The molecule has 0 amide bonds. The average molecular weight is 244 g/mol. The molecule has 18 heavy (non-hydrogen) atoms. The fourth-order valence-corrected chi connectivity index (χ4v) is 2.16. The van der Waals surface area contributed by atoms with Crippen LogP contribution in [0, 0.1) is 0 Å². The van der Waals surface area contributed by atoms with Crippen LogP contribution in [-0.2, 0) is 13.1 Å². The Labute approximate surface area is 107 Å². The van der Waals surface area contributed by atoms with Crippen LogP contribution in [0.5, 0.6) is 0 Å². The molecule has 0 fully saturated rings. The summed E-state index contributed by atoms with van der Waals surface area (Å²) in [6.45, 7) is 9.97. The molecule has 0 atom stereocenters. The van der Waals surface area contributed by atoms with Crippen LogP contribution in [0.2, 0.25) is 0 Å². The zero-order valence-electron chi connectivity index (χ0n) is 11.5. The largest absolute Gasteiger partial charge is 0.309 e. The van der Waals surface area contributed by atoms with E-state index in [0.717, 1.165) is 24.4 Å². The summed E-state index contributed by atoms with van der Waals surface area (Å²) < 4.78 is 4.40. The fourth-order valence-electron chi connectivity index (χ4n) is 2.16. The molecule has 96 valence electrons. The molecular formula is C14H20N4. The van der Waals surface area contributed by atoms with Crippen molar-refractivity contribution in [2.24, 2.45) is 10.2 Å². The van der Waals surface area contributed by atoms with Gasteiger partial charge in [0.05, 0.1) is 11.0 Å². The first-order chi connectivity index (χ1) is 8.69. The van der Waals surface area contributed by atoms with Crippen LogP contribution in [-0.4, -0.2) is 14.8 Å². The van der Waals surface area contributed by atoms with Crippen molar-refractivity contribution in [2.75, 3.05) is 0 Å². The molecule has 0 bridgehead atoms.